The van der Waals surface area contributed by atoms with Crippen molar-refractivity contribution in [1.29, 1.82) is 0 Å². The molecule has 2 N–H and O–H groups in total. The van der Waals surface area contributed by atoms with Gasteiger partial charge in [0.2, 0.25) is 20.0 Å². The predicted octanol–water partition coefficient (Wildman–Crippen LogP) is -0.486. The minimum atomic E-state index is -3.56. The fraction of sp³-hybridized carbons (Fsp3) is 0.333. The lowest BCUT2D eigenvalue weighted by Crippen LogP contribution is -2.34. The summed E-state index contributed by atoms with van der Waals surface area (Å²) in [5, 5.41) is 0. The molecule has 1 rings (SSSR count). The third-order valence-electron chi connectivity index (χ3n) is 1.83. The van der Waals surface area contributed by atoms with Gasteiger partial charge in [-0.05, 0) is 12.1 Å². The molecule has 0 saturated heterocycles. The molecule has 0 fully saturated rings. The maximum Gasteiger partial charge on any atom is 0.240 e. The Morgan fingerprint density at radius 2 is 1.47 bits per heavy atom. The second-order valence-corrected chi connectivity index (χ2v) is 6.98. The van der Waals surface area contributed by atoms with E-state index in [0.717, 1.165) is 6.26 Å². The van der Waals surface area contributed by atoms with Gasteiger partial charge in [-0.1, -0.05) is 18.2 Å². The van der Waals surface area contributed by atoms with Gasteiger partial charge in [0.05, 0.1) is 11.2 Å². The second kappa shape index (κ2) is 5.58. The molecular formula is C9H14N2O4S2. The number of hydrogen-bond donors (Lipinski definition) is 2. The van der Waals surface area contributed by atoms with E-state index in [1.807, 2.05) is 0 Å². The molecule has 8 heteroatoms. The molecule has 0 aliphatic rings. The lowest BCUT2D eigenvalue weighted by atomic mass is 10.4. The molecule has 0 aromatic heterocycles. The number of nitrogens with one attached hydrogen (secondary N) is 2. The summed E-state index contributed by atoms with van der Waals surface area (Å²) >= 11 is 0. The Bertz CT molecular complexity index is 552. The average Bonchev–Trinajstić information content (AvgIpc) is 2.25. The fourth-order valence-corrected chi connectivity index (χ4v) is 2.63. The van der Waals surface area contributed by atoms with Gasteiger partial charge in [0, 0.05) is 13.1 Å². The average molecular weight is 278 g/mol. The summed E-state index contributed by atoms with van der Waals surface area (Å²) in [7, 11) is -6.85. The molecule has 17 heavy (non-hydrogen) atoms. The Balaban J connectivity index is 2.53. The molecule has 1 aromatic rings. The first-order valence-corrected chi connectivity index (χ1v) is 8.18. The highest BCUT2D eigenvalue weighted by atomic mass is 32.2. The van der Waals surface area contributed by atoms with Gasteiger partial charge < -0.3 is 0 Å². The fourth-order valence-electron chi connectivity index (χ4n) is 1.10. The van der Waals surface area contributed by atoms with Crippen molar-refractivity contribution in [2.75, 3.05) is 19.3 Å². The van der Waals surface area contributed by atoms with Gasteiger partial charge in [0.1, 0.15) is 0 Å². The Labute approximate surface area is 101 Å². The van der Waals surface area contributed by atoms with Gasteiger partial charge >= 0.3 is 0 Å². The second-order valence-electron chi connectivity index (χ2n) is 3.38. The van der Waals surface area contributed by atoms with Crippen LogP contribution in [0, 0.1) is 0 Å². The summed E-state index contributed by atoms with van der Waals surface area (Å²) in [6.45, 7) is 0.0230. The van der Waals surface area contributed by atoms with Crippen molar-refractivity contribution in [2.24, 2.45) is 0 Å². The van der Waals surface area contributed by atoms with Crippen molar-refractivity contribution in [3.8, 4) is 0 Å². The predicted molar refractivity (Wildman–Crippen MR) is 64.5 cm³/mol. The first-order valence-electron chi connectivity index (χ1n) is 4.81. The molecule has 6 nitrogen and oxygen atoms in total. The normalized spacial score (nSPS) is 12.5. The molecule has 0 saturated carbocycles. The minimum Gasteiger partial charge on any atom is -0.214 e. The first-order chi connectivity index (χ1) is 7.81. The molecule has 96 valence electrons. The van der Waals surface area contributed by atoms with E-state index in [2.05, 4.69) is 9.44 Å². The zero-order valence-electron chi connectivity index (χ0n) is 9.25. The number of hydrogen-bond acceptors (Lipinski definition) is 4. The molecule has 0 spiro atoms. The number of sulfonamides is 2. The Morgan fingerprint density at radius 1 is 0.941 bits per heavy atom. The lowest BCUT2D eigenvalue weighted by molar-refractivity contribution is 0.573. The molecule has 0 unspecified atom stereocenters. The van der Waals surface area contributed by atoms with Gasteiger partial charge in [0.25, 0.3) is 0 Å². The molecule has 0 radical (unpaired) electrons. The Hall–Kier alpha value is -0.960. The molecule has 0 atom stereocenters. The van der Waals surface area contributed by atoms with Crippen LogP contribution >= 0.6 is 0 Å². The monoisotopic (exact) mass is 278 g/mol. The van der Waals surface area contributed by atoms with E-state index >= 15 is 0 Å². The van der Waals surface area contributed by atoms with E-state index in [-0.39, 0.29) is 18.0 Å². The molecule has 1 aromatic carbocycles. The molecular weight excluding hydrogens is 264 g/mol. The highest BCUT2D eigenvalue weighted by molar-refractivity contribution is 7.89. The number of rotatable bonds is 6. The Morgan fingerprint density at radius 3 is 2.00 bits per heavy atom. The Kier molecular flexibility index (Phi) is 4.63. The topological polar surface area (TPSA) is 92.3 Å². The van der Waals surface area contributed by atoms with Gasteiger partial charge in [-0.25, -0.2) is 26.3 Å². The van der Waals surface area contributed by atoms with Crippen LogP contribution in [0.2, 0.25) is 0 Å². The van der Waals surface area contributed by atoms with Crippen LogP contribution in [0.3, 0.4) is 0 Å². The maximum atomic E-state index is 11.7. The molecule has 0 heterocycles. The van der Waals surface area contributed by atoms with Crippen molar-refractivity contribution in [1.82, 2.24) is 9.44 Å². The van der Waals surface area contributed by atoms with Crippen LogP contribution in [0.15, 0.2) is 35.2 Å². The zero-order valence-corrected chi connectivity index (χ0v) is 10.9. The maximum absolute atomic E-state index is 11.7. The van der Waals surface area contributed by atoms with Crippen LogP contribution in [-0.4, -0.2) is 36.2 Å². The molecule has 0 aliphatic carbocycles. The summed E-state index contributed by atoms with van der Waals surface area (Å²) in [5.41, 5.74) is 0. The van der Waals surface area contributed by atoms with Crippen LogP contribution in [0.5, 0.6) is 0 Å². The van der Waals surface area contributed by atoms with Crippen molar-refractivity contribution in [2.45, 2.75) is 4.90 Å². The third-order valence-corrected chi connectivity index (χ3v) is 4.04. The highest BCUT2D eigenvalue weighted by Gasteiger charge is 2.12. The SMILES string of the molecule is CS(=O)(=O)NCCNS(=O)(=O)c1ccccc1. The van der Waals surface area contributed by atoms with Crippen molar-refractivity contribution < 1.29 is 16.8 Å². The summed E-state index contributed by atoms with van der Waals surface area (Å²) in [5.74, 6) is 0. The molecule has 0 aliphatic heterocycles. The zero-order chi connectivity index (χ0) is 12.9. The smallest absolute Gasteiger partial charge is 0.214 e. The number of benzene rings is 1. The molecule has 0 amide bonds. The van der Waals surface area contributed by atoms with Crippen LogP contribution < -0.4 is 9.44 Å². The molecule has 0 bridgehead atoms. The van der Waals surface area contributed by atoms with Crippen LogP contribution in [-0.2, 0) is 20.0 Å². The van der Waals surface area contributed by atoms with Gasteiger partial charge in [-0.15, -0.1) is 0 Å². The summed E-state index contributed by atoms with van der Waals surface area (Å²) < 4.78 is 49.3. The van der Waals surface area contributed by atoms with E-state index in [4.69, 9.17) is 0 Å². The van der Waals surface area contributed by atoms with E-state index in [1.54, 1.807) is 18.2 Å². The summed E-state index contributed by atoms with van der Waals surface area (Å²) in [4.78, 5) is 0.152. The lowest BCUT2D eigenvalue weighted by Gasteiger charge is -2.06. The van der Waals surface area contributed by atoms with Crippen molar-refractivity contribution in [3.63, 3.8) is 0 Å². The minimum absolute atomic E-state index is 0.00426. The highest BCUT2D eigenvalue weighted by Crippen LogP contribution is 2.06. The third kappa shape index (κ3) is 5.26. The van der Waals surface area contributed by atoms with Crippen molar-refractivity contribution >= 4 is 20.0 Å². The van der Waals surface area contributed by atoms with Crippen LogP contribution in [0.1, 0.15) is 0 Å². The largest absolute Gasteiger partial charge is 0.240 e. The van der Waals surface area contributed by atoms with E-state index in [1.165, 1.54) is 12.1 Å². The first kappa shape index (κ1) is 14.1. The van der Waals surface area contributed by atoms with Crippen molar-refractivity contribution in [3.05, 3.63) is 30.3 Å². The van der Waals surface area contributed by atoms with Crippen LogP contribution in [0.4, 0.5) is 0 Å². The standard InChI is InChI=1S/C9H14N2O4S2/c1-16(12,13)10-7-8-11-17(14,15)9-5-3-2-4-6-9/h2-6,10-11H,7-8H2,1H3. The van der Waals surface area contributed by atoms with Gasteiger partial charge in [-0.3, -0.25) is 0 Å². The summed E-state index contributed by atoms with van der Waals surface area (Å²) in [6.07, 6.45) is 1.01. The van der Waals surface area contributed by atoms with E-state index in [9.17, 15) is 16.8 Å². The van der Waals surface area contributed by atoms with Crippen LogP contribution in [0.25, 0.3) is 0 Å². The van der Waals surface area contributed by atoms with E-state index < -0.39 is 20.0 Å². The summed E-state index contributed by atoms with van der Waals surface area (Å²) in [6, 6.07) is 7.87. The van der Waals surface area contributed by atoms with E-state index in [0.29, 0.717) is 0 Å². The van der Waals surface area contributed by atoms with Gasteiger partial charge in [-0.2, -0.15) is 0 Å². The quantitative estimate of drug-likeness (QED) is 0.687. The van der Waals surface area contributed by atoms with Gasteiger partial charge in [0.15, 0.2) is 0 Å².